The van der Waals surface area contributed by atoms with Crippen LogP contribution in [0.5, 0.6) is 5.75 Å². The predicted octanol–water partition coefficient (Wildman–Crippen LogP) is 1.72. The molecule has 0 saturated carbocycles. The van der Waals surface area contributed by atoms with Crippen molar-refractivity contribution in [1.29, 1.82) is 0 Å². The Morgan fingerprint density at radius 3 is 2.67 bits per heavy atom. The number of hydrogen-bond donors (Lipinski definition) is 1. The van der Waals surface area contributed by atoms with Crippen molar-refractivity contribution in [3.05, 3.63) is 18.0 Å². The predicted molar refractivity (Wildman–Crippen MR) is 41.5 cm³/mol. The first-order valence-corrected chi connectivity index (χ1v) is 3.66. The number of ether oxygens (including phenoxy) is 1. The lowest BCUT2D eigenvalue weighted by molar-refractivity contribution is 0.0371. The van der Waals surface area contributed by atoms with E-state index in [-0.39, 0.29) is 17.5 Å². The van der Waals surface area contributed by atoms with Gasteiger partial charge in [-0.3, -0.25) is 5.11 Å². The molecule has 1 aromatic heterocycles. The van der Waals surface area contributed by atoms with E-state index < -0.39 is 5.97 Å². The van der Waals surface area contributed by atoms with Gasteiger partial charge >= 0.3 is 5.97 Å². The van der Waals surface area contributed by atoms with E-state index in [1.807, 2.05) is 0 Å². The van der Waals surface area contributed by atoms with Gasteiger partial charge in [0.2, 0.25) is 0 Å². The Morgan fingerprint density at radius 1 is 1.58 bits per heavy atom. The van der Waals surface area contributed by atoms with Gasteiger partial charge in [0, 0.05) is 12.3 Å². The zero-order valence-corrected chi connectivity index (χ0v) is 6.96. The molecule has 1 rings (SSSR count). The van der Waals surface area contributed by atoms with Crippen molar-refractivity contribution in [2.75, 3.05) is 0 Å². The van der Waals surface area contributed by atoms with Gasteiger partial charge in [-0.1, -0.05) is 0 Å². The van der Waals surface area contributed by atoms with E-state index >= 15 is 0 Å². The number of rotatable bonds is 2. The molecule has 1 radical (unpaired) electrons. The minimum atomic E-state index is -0.493. The van der Waals surface area contributed by atoms with Gasteiger partial charge in [-0.05, 0) is 13.8 Å². The number of nitrogens with one attached hydrogen (secondary N) is 1. The van der Waals surface area contributed by atoms with Gasteiger partial charge in [-0.2, -0.15) is 0 Å². The van der Waals surface area contributed by atoms with E-state index in [9.17, 15) is 9.90 Å². The summed E-state index contributed by atoms with van der Waals surface area (Å²) >= 11 is 0. The summed E-state index contributed by atoms with van der Waals surface area (Å²) < 4.78 is 4.84. The van der Waals surface area contributed by atoms with Crippen LogP contribution in [0.3, 0.4) is 0 Å². The maximum Gasteiger partial charge on any atom is 0.355 e. The summed E-state index contributed by atoms with van der Waals surface area (Å²) in [5.74, 6) is -0.710. The van der Waals surface area contributed by atoms with Crippen LogP contribution in [0, 0.1) is 0 Å². The lowest BCUT2D eigenvalue weighted by Gasteiger charge is -2.05. The van der Waals surface area contributed by atoms with E-state index in [2.05, 4.69) is 4.98 Å². The number of H-pyrrole nitrogens is 1. The van der Waals surface area contributed by atoms with Gasteiger partial charge in [0.05, 0.1) is 6.10 Å². The molecule has 4 heteroatoms. The molecule has 65 valence electrons. The fourth-order valence-corrected chi connectivity index (χ4v) is 0.770. The van der Waals surface area contributed by atoms with Crippen LogP contribution in [0.2, 0.25) is 0 Å². The number of carbonyl (C=O) groups excluding carboxylic acids is 1. The summed E-state index contributed by atoms with van der Waals surface area (Å²) in [6, 6.07) is 1.21. The van der Waals surface area contributed by atoms with Gasteiger partial charge in [-0.15, -0.1) is 0 Å². The minimum absolute atomic E-state index is 0.170. The molecule has 0 bridgehead atoms. The molecule has 0 spiro atoms. The van der Waals surface area contributed by atoms with Crippen molar-refractivity contribution in [2.24, 2.45) is 0 Å². The molecule has 1 N–H and O–H groups in total. The Bertz CT molecular complexity index is 278. The van der Waals surface area contributed by atoms with Crippen LogP contribution in [0.25, 0.3) is 0 Å². The van der Waals surface area contributed by atoms with E-state index in [0.717, 1.165) is 0 Å². The van der Waals surface area contributed by atoms with Crippen molar-refractivity contribution in [3.8, 4) is 5.75 Å². The first-order chi connectivity index (χ1) is 5.59. The molecule has 0 aliphatic heterocycles. The fraction of sp³-hybridized carbons (Fsp3) is 0.375. The molecule has 4 nitrogen and oxygen atoms in total. The maximum absolute atomic E-state index is 11.1. The number of esters is 1. The van der Waals surface area contributed by atoms with Crippen LogP contribution in [-0.2, 0) is 9.84 Å². The topological polar surface area (TPSA) is 62.0 Å². The Hall–Kier alpha value is -1.45. The zero-order valence-electron chi connectivity index (χ0n) is 6.96. The Labute approximate surface area is 70.2 Å². The average molecular weight is 168 g/mol. The third-order valence-corrected chi connectivity index (χ3v) is 1.22. The van der Waals surface area contributed by atoms with Crippen molar-refractivity contribution >= 4 is 5.97 Å². The molecule has 0 fully saturated rings. The molecule has 1 aromatic rings. The highest BCUT2D eigenvalue weighted by molar-refractivity contribution is 5.87. The molecule has 0 unspecified atom stereocenters. The minimum Gasteiger partial charge on any atom is -0.458 e. The SMILES string of the molecule is CC(C)OC(=O)c1cc([O])c[nH]1. The molecule has 12 heavy (non-hydrogen) atoms. The number of hydrogen-bond acceptors (Lipinski definition) is 2. The summed E-state index contributed by atoms with van der Waals surface area (Å²) in [6.45, 7) is 3.50. The van der Waals surface area contributed by atoms with Gasteiger partial charge in [0.1, 0.15) is 5.69 Å². The molecule has 0 aliphatic rings. The van der Waals surface area contributed by atoms with Gasteiger partial charge in [-0.25, -0.2) is 4.79 Å². The molecular formula is C8H10NO3. The van der Waals surface area contributed by atoms with Gasteiger partial charge in [0.25, 0.3) is 0 Å². The van der Waals surface area contributed by atoms with Gasteiger partial charge in [0.15, 0.2) is 5.75 Å². The van der Waals surface area contributed by atoms with Gasteiger partial charge < -0.3 is 9.72 Å². The third-order valence-electron chi connectivity index (χ3n) is 1.22. The van der Waals surface area contributed by atoms with Crippen molar-refractivity contribution in [3.63, 3.8) is 0 Å². The van der Waals surface area contributed by atoms with E-state index in [1.165, 1.54) is 12.3 Å². The highest BCUT2D eigenvalue weighted by Crippen LogP contribution is 2.11. The highest BCUT2D eigenvalue weighted by Gasteiger charge is 2.11. The van der Waals surface area contributed by atoms with Crippen LogP contribution in [0.1, 0.15) is 24.3 Å². The Kier molecular flexibility index (Phi) is 2.38. The quantitative estimate of drug-likeness (QED) is 0.683. The normalized spacial score (nSPS) is 10.2. The molecule has 0 aliphatic carbocycles. The second kappa shape index (κ2) is 3.30. The van der Waals surface area contributed by atoms with Crippen LogP contribution >= 0.6 is 0 Å². The number of carbonyl (C=O) groups is 1. The maximum atomic E-state index is 11.1. The standard InChI is InChI=1S/C8H10NO3/c1-5(2)12-8(11)7-3-6(10)4-9-7/h3-5,9H,1-2H3. The van der Waals surface area contributed by atoms with Crippen molar-refractivity contribution < 1.29 is 14.6 Å². The molecule has 0 atom stereocenters. The summed E-state index contributed by atoms with van der Waals surface area (Å²) in [6.07, 6.45) is 1.05. The van der Waals surface area contributed by atoms with E-state index in [4.69, 9.17) is 4.74 Å². The summed E-state index contributed by atoms with van der Waals surface area (Å²) in [4.78, 5) is 13.6. The molecule has 0 aromatic carbocycles. The second-order valence-electron chi connectivity index (χ2n) is 2.70. The zero-order chi connectivity index (χ0) is 9.14. The third kappa shape index (κ3) is 2.02. The molecular weight excluding hydrogens is 158 g/mol. The molecule has 0 amide bonds. The first-order valence-electron chi connectivity index (χ1n) is 3.66. The Balaban J connectivity index is 2.65. The monoisotopic (exact) mass is 168 g/mol. The second-order valence-corrected chi connectivity index (χ2v) is 2.70. The smallest absolute Gasteiger partial charge is 0.355 e. The average Bonchev–Trinajstić information content (AvgIpc) is 2.34. The van der Waals surface area contributed by atoms with E-state index in [1.54, 1.807) is 13.8 Å². The molecule has 1 heterocycles. The highest BCUT2D eigenvalue weighted by atomic mass is 16.5. The van der Waals surface area contributed by atoms with Crippen LogP contribution in [-0.4, -0.2) is 17.1 Å². The van der Waals surface area contributed by atoms with Crippen molar-refractivity contribution in [1.82, 2.24) is 4.98 Å². The Morgan fingerprint density at radius 2 is 2.25 bits per heavy atom. The van der Waals surface area contributed by atoms with Crippen LogP contribution in [0.4, 0.5) is 0 Å². The van der Waals surface area contributed by atoms with Crippen LogP contribution in [0.15, 0.2) is 12.3 Å². The largest absolute Gasteiger partial charge is 0.458 e. The molecule has 0 saturated heterocycles. The fourth-order valence-electron chi connectivity index (χ4n) is 0.770. The number of aromatic amines is 1. The first kappa shape index (κ1) is 8.64. The van der Waals surface area contributed by atoms with E-state index in [0.29, 0.717) is 0 Å². The summed E-state index contributed by atoms with van der Waals surface area (Å²) in [5.41, 5.74) is 0.203. The van der Waals surface area contributed by atoms with Crippen molar-refractivity contribution in [2.45, 2.75) is 20.0 Å². The lowest BCUT2D eigenvalue weighted by Crippen LogP contribution is -2.11. The lowest BCUT2D eigenvalue weighted by atomic mass is 10.4. The summed E-state index contributed by atoms with van der Waals surface area (Å²) in [7, 11) is 0. The number of aromatic nitrogens is 1. The van der Waals surface area contributed by atoms with Crippen LogP contribution < -0.4 is 0 Å². The summed E-state index contributed by atoms with van der Waals surface area (Å²) in [5, 5.41) is 10.6.